The Bertz CT molecular complexity index is 502. The average molecular weight is 244 g/mol. The van der Waals surface area contributed by atoms with Gasteiger partial charge < -0.3 is 9.26 Å². The molecular weight excluding hydrogens is 229 g/mol. The Labute approximate surface area is 107 Å². The lowest BCUT2D eigenvalue weighted by molar-refractivity contribution is 0.0996. The summed E-state index contributed by atoms with van der Waals surface area (Å²) >= 11 is 0. The molecule has 0 saturated carbocycles. The molecule has 0 atom stereocenters. The second-order valence-electron chi connectivity index (χ2n) is 3.88. The van der Waals surface area contributed by atoms with Crippen molar-refractivity contribution in [2.75, 3.05) is 6.61 Å². The summed E-state index contributed by atoms with van der Waals surface area (Å²) in [7, 11) is 1.98. The topological polar surface area (TPSA) is 61.0 Å². The van der Waals surface area contributed by atoms with Crippen molar-refractivity contribution in [3.8, 4) is 0 Å². The van der Waals surface area contributed by atoms with Crippen LogP contribution in [-0.2, 0) is 17.8 Å². The van der Waals surface area contributed by atoms with Crippen LogP contribution in [0.2, 0.25) is 6.82 Å². The van der Waals surface area contributed by atoms with E-state index in [9.17, 15) is 0 Å². The highest BCUT2D eigenvalue weighted by Crippen LogP contribution is 2.00. The molecular formula is C12H15BN3O2. The summed E-state index contributed by atoms with van der Waals surface area (Å²) in [6.45, 7) is 4.69. The zero-order chi connectivity index (χ0) is 12.8. The van der Waals surface area contributed by atoms with Gasteiger partial charge in [0.25, 0.3) is 5.89 Å². The Hall–Kier alpha value is -1.69. The monoisotopic (exact) mass is 244 g/mol. The highest BCUT2D eigenvalue weighted by molar-refractivity contribution is 6.50. The van der Waals surface area contributed by atoms with Crippen LogP contribution in [0.5, 0.6) is 0 Å². The number of ether oxygens (including phenoxy) is 1. The number of pyridine rings is 1. The van der Waals surface area contributed by atoms with Gasteiger partial charge in [0.1, 0.15) is 6.61 Å². The predicted molar refractivity (Wildman–Crippen MR) is 67.9 cm³/mol. The summed E-state index contributed by atoms with van der Waals surface area (Å²) in [5, 5.41) is 3.69. The lowest BCUT2D eigenvalue weighted by Crippen LogP contribution is -2.17. The van der Waals surface area contributed by atoms with E-state index < -0.39 is 0 Å². The first kappa shape index (κ1) is 12.8. The van der Waals surface area contributed by atoms with Crippen LogP contribution in [0, 0.1) is 6.92 Å². The normalized spacial score (nSPS) is 10.6. The summed E-state index contributed by atoms with van der Waals surface area (Å²) < 4.78 is 10.4. The lowest BCUT2D eigenvalue weighted by Gasteiger charge is -2.03. The maximum Gasteiger partial charge on any atom is 0.252 e. The van der Waals surface area contributed by atoms with Crippen molar-refractivity contribution in [3.05, 3.63) is 35.6 Å². The van der Waals surface area contributed by atoms with Crippen LogP contribution in [0.15, 0.2) is 22.7 Å². The van der Waals surface area contributed by atoms with E-state index in [-0.39, 0.29) is 0 Å². The molecule has 6 heteroatoms. The van der Waals surface area contributed by atoms with Gasteiger partial charge in [0.05, 0.1) is 6.61 Å². The number of hydrogen-bond donors (Lipinski definition) is 0. The van der Waals surface area contributed by atoms with Crippen molar-refractivity contribution < 1.29 is 9.26 Å². The Morgan fingerprint density at radius 2 is 2.22 bits per heavy atom. The first-order valence-corrected chi connectivity index (χ1v) is 5.90. The summed E-state index contributed by atoms with van der Waals surface area (Å²) in [5.41, 5.74) is 2.01. The highest BCUT2D eigenvalue weighted by atomic mass is 16.5. The van der Waals surface area contributed by atoms with Crippen LogP contribution >= 0.6 is 0 Å². The van der Waals surface area contributed by atoms with Gasteiger partial charge in [0, 0.05) is 12.1 Å². The molecule has 1 radical (unpaired) electrons. The van der Waals surface area contributed by atoms with Crippen LogP contribution in [0.1, 0.15) is 17.4 Å². The molecule has 2 heterocycles. The first-order valence-electron chi connectivity index (χ1n) is 5.90. The molecule has 0 N–H and O–H groups in total. The van der Waals surface area contributed by atoms with E-state index in [4.69, 9.17) is 9.26 Å². The summed E-state index contributed by atoms with van der Waals surface area (Å²) in [6, 6.07) is 5.97. The van der Waals surface area contributed by atoms with Gasteiger partial charge >= 0.3 is 0 Å². The summed E-state index contributed by atoms with van der Waals surface area (Å²) in [6.07, 6.45) is 0.773. The van der Waals surface area contributed by atoms with Crippen molar-refractivity contribution in [2.45, 2.75) is 26.8 Å². The molecule has 0 aliphatic carbocycles. The molecule has 5 nitrogen and oxygen atoms in total. The third-order valence-electron chi connectivity index (χ3n) is 2.42. The van der Waals surface area contributed by atoms with E-state index in [1.54, 1.807) is 6.92 Å². The van der Waals surface area contributed by atoms with Gasteiger partial charge in [0.15, 0.2) is 13.1 Å². The van der Waals surface area contributed by atoms with E-state index in [0.29, 0.717) is 24.9 Å². The maximum absolute atomic E-state index is 5.46. The standard InChI is InChI=1S/C12H15BN3O2/c1-9-14-12(18-16-9)8-17-7-6-10-4-3-5-11(13-2)15-10/h3-5H,6-8H2,1-2H3. The SMILES string of the molecule is C[B]c1cccc(CCOCc2nc(C)no2)n1. The number of rotatable bonds is 6. The van der Waals surface area contributed by atoms with Gasteiger partial charge in [0.2, 0.25) is 0 Å². The predicted octanol–water partition coefficient (Wildman–Crippen LogP) is 0.910. The lowest BCUT2D eigenvalue weighted by atomic mass is 9.77. The third-order valence-corrected chi connectivity index (χ3v) is 2.42. The number of nitrogens with zero attached hydrogens (tertiary/aromatic N) is 3. The van der Waals surface area contributed by atoms with E-state index >= 15 is 0 Å². The van der Waals surface area contributed by atoms with Crippen molar-refractivity contribution in [2.24, 2.45) is 0 Å². The fourth-order valence-corrected chi connectivity index (χ4v) is 1.53. The number of aromatic nitrogens is 3. The van der Waals surface area contributed by atoms with Crippen LogP contribution in [-0.4, -0.2) is 29.0 Å². The molecule has 0 bridgehead atoms. The van der Waals surface area contributed by atoms with E-state index in [2.05, 4.69) is 15.1 Å². The summed E-state index contributed by atoms with van der Waals surface area (Å²) in [5.74, 6) is 1.14. The summed E-state index contributed by atoms with van der Waals surface area (Å²) in [4.78, 5) is 8.51. The Morgan fingerprint density at radius 3 is 2.94 bits per heavy atom. The first-order chi connectivity index (χ1) is 8.78. The van der Waals surface area contributed by atoms with Crippen LogP contribution in [0.25, 0.3) is 0 Å². The third kappa shape index (κ3) is 3.66. The molecule has 0 amide bonds. The molecule has 0 unspecified atom stereocenters. The van der Waals surface area contributed by atoms with E-state index in [0.717, 1.165) is 17.7 Å². The fraction of sp³-hybridized carbons (Fsp3) is 0.417. The molecule has 0 aliphatic heterocycles. The fourth-order valence-electron chi connectivity index (χ4n) is 1.53. The van der Waals surface area contributed by atoms with E-state index in [1.807, 2.05) is 32.3 Å². The zero-order valence-corrected chi connectivity index (χ0v) is 10.6. The molecule has 2 aromatic rings. The van der Waals surface area contributed by atoms with Crippen LogP contribution in [0.4, 0.5) is 0 Å². The molecule has 93 valence electrons. The molecule has 0 spiro atoms. The van der Waals surface area contributed by atoms with Gasteiger partial charge in [-0.2, -0.15) is 4.98 Å². The number of aryl methyl sites for hydroxylation is 1. The maximum atomic E-state index is 5.46. The van der Waals surface area contributed by atoms with Crippen molar-refractivity contribution in [3.63, 3.8) is 0 Å². The van der Waals surface area contributed by atoms with Crippen LogP contribution in [0.3, 0.4) is 0 Å². The second-order valence-corrected chi connectivity index (χ2v) is 3.88. The minimum Gasteiger partial charge on any atom is -0.371 e. The molecule has 18 heavy (non-hydrogen) atoms. The Morgan fingerprint density at radius 1 is 1.33 bits per heavy atom. The molecule has 2 rings (SSSR count). The smallest absolute Gasteiger partial charge is 0.252 e. The second kappa shape index (κ2) is 6.30. The minimum atomic E-state index is 0.348. The molecule has 0 saturated heterocycles. The van der Waals surface area contributed by atoms with Crippen molar-refractivity contribution >= 4 is 12.9 Å². The quantitative estimate of drug-likeness (QED) is 0.558. The van der Waals surface area contributed by atoms with Gasteiger partial charge in [-0.3, -0.25) is 4.98 Å². The minimum absolute atomic E-state index is 0.348. The largest absolute Gasteiger partial charge is 0.371 e. The molecule has 2 aromatic heterocycles. The molecule has 0 aromatic carbocycles. The van der Waals surface area contributed by atoms with Gasteiger partial charge in [-0.15, -0.1) is 0 Å². The Balaban J connectivity index is 1.74. The average Bonchev–Trinajstić information content (AvgIpc) is 2.81. The molecule has 0 aliphatic rings. The van der Waals surface area contributed by atoms with Gasteiger partial charge in [-0.25, -0.2) is 0 Å². The zero-order valence-electron chi connectivity index (χ0n) is 10.6. The van der Waals surface area contributed by atoms with Crippen LogP contribution < -0.4 is 5.59 Å². The van der Waals surface area contributed by atoms with Crippen molar-refractivity contribution in [1.29, 1.82) is 0 Å². The Kier molecular flexibility index (Phi) is 4.47. The van der Waals surface area contributed by atoms with E-state index in [1.165, 1.54) is 0 Å². The number of hydrogen-bond acceptors (Lipinski definition) is 5. The van der Waals surface area contributed by atoms with Crippen molar-refractivity contribution in [1.82, 2.24) is 15.1 Å². The highest BCUT2D eigenvalue weighted by Gasteiger charge is 2.02. The van der Waals surface area contributed by atoms with Gasteiger partial charge in [-0.1, -0.05) is 24.1 Å². The molecule has 0 fully saturated rings. The van der Waals surface area contributed by atoms with Gasteiger partial charge in [-0.05, 0) is 18.6 Å².